The van der Waals surface area contributed by atoms with E-state index in [4.69, 9.17) is 4.74 Å². The van der Waals surface area contributed by atoms with Gasteiger partial charge in [0.05, 0.1) is 22.2 Å². The number of rotatable bonds is 3. The summed E-state index contributed by atoms with van der Waals surface area (Å²) in [5, 5.41) is 2.89. The normalized spacial score (nSPS) is 17.3. The highest BCUT2D eigenvalue weighted by molar-refractivity contribution is 7.92. The van der Waals surface area contributed by atoms with E-state index in [1.54, 1.807) is 13.8 Å². The molecule has 1 aromatic heterocycles. The highest BCUT2D eigenvalue weighted by Gasteiger charge is 2.34. The molecule has 1 aliphatic heterocycles. The monoisotopic (exact) mass is 562 g/mol. The Balaban J connectivity index is 1.94. The molecule has 0 spiro atoms. The lowest BCUT2D eigenvalue weighted by Gasteiger charge is -2.22. The van der Waals surface area contributed by atoms with Gasteiger partial charge in [-0.2, -0.15) is 18.2 Å². The minimum Gasteiger partial charge on any atom is -0.475 e. The summed E-state index contributed by atoms with van der Waals surface area (Å²) in [6, 6.07) is 7.40. The van der Waals surface area contributed by atoms with Gasteiger partial charge in [0.25, 0.3) is 15.9 Å². The second kappa shape index (κ2) is 10.5. The molecular weight excluding hydrogens is 533 g/mol. The third-order valence-corrected chi connectivity index (χ3v) is 7.79. The lowest BCUT2D eigenvalue weighted by molar-refractivity contribution is -0.138. The summed E-state index contributed by atoms with van der Waals surface area (Å²) in [4.78, 5) is 21.4. The second-order valence-corrected chi connectivity index (χ2v) is 11.7. The number of hydrogen-bond donors (Lipinski definition) is 2. The van der Waals surface area contributed by atoms with Crippen molar-refractivity contribution in [3.05, 3.63) is 64.2 Å². The van der Waals surface area contributed by atoms with Crippen LogP contribution >= 0.6 is 0 Å². The molecule has 0 saturated carbocycles. The first-order valence-electron chi connectivity index (χ1n) is 12.3. The van der Waals surface area contributed by atoms with Crippen LogP contribution in [0.15, 0.2) is 41.3 Å². The van der Waals surface area contributed by atoms with Crippen molar-refractivity contribution in [3.63, 3.8) is 0 Å². The van der Waals surface area contributed by atoms with Gasteiger partial charge in [0.1, 0.15) is 6.61 Å². The van der Waals surface area contributed by atoms with Crippen LogP contribution in [0.1, 0.15) is 52.9 Å². The molecule has 208 valence electrons. The maximum atomic E-state index is 13.8. The van der Waals surface area contributed by atoms with Crippen molar-refractivity contribution in [3.8, 4) is 17.1 Å². The van der Waals surface area contributed by atoms with Crippen molar-refractivity contribution in [2.45, 2.75) is 58.2 Å². The Morgan fingerprint density at radius 2 is 1.79 bits per heavy atom. The van der Waals surface area contributed by atoms with E-state index in [-0.39, 0.29) is 51.6 Å². The first kappa shape index (κ1) is 28.3. The Labute approximate surface area is 225 Å². The van der Waals surface area contributed by atoms with Gasteiger partial charge in [-0.3, -0.25) is 4.79 Å². The van der Waals surface area contributed by atoms with E-state index >= 15 is 0 Å². The first-order chi connectivity index (χ1) is 18.2. The van der Waals surface area contributed by atoms with Crippen molar-refractivity contribution in [1.29, 1.82) is 0 Å². The number of carbonyl (C=O) groups excluding carboxylic acids is 1. The van der Waals surface area contributed by atoms with Gasteiger partial charge in [-0.1, -0.05) is 26.0 Å². The number of anilines is 1. The van der Waals surface area contributed by atoms with E-state index in [0.29, 0.717) is 17.5 Å². The van der Waals surface area contributed by atoms with E-state index in [2.05, 4.69) is 20.0 Å². The van der Waals surface area contributed by atoms with E-state index in [1.165, 1.54) is 37.3 Å². The molecule has 1 atom stereocenters. The number of nitrogens with one attached hydrogen (secondary N) is 2. The minimum atomic E-state index is -4.60. The van der Waals surface area contributed by atoms with Crippen LogP contribution in [0.5, 0.6) is 5.88 Å². The predicted molar refractivity (Wildman–Crippen MR) is 140 cm³/mol. The third-order valence-electron chi connectivity index (χ3n) is 6.46. The number of sulfonamides is 1. The standard InChI is InChI=1S/C27H29F3N4O4S/c1-14(2)11-19-13-38-25-17(5)23(22-15(3)9-10-21(16(22)4)27(28,29)30)32-26(33-25)34-39(36,37)20-8-6-7-18(12-20)24(35)31-19/h6-10,12,14,19H,11,13H2,1-5H3,(H,31,35)(H,32,33,34)/t19-/m1/s1. The van der Waals surface area contributed by atoms with Crippen molar-refractivity contribution in [2.75, 3.05) is 11.3 Å². The number of benzene rings is 2. The number of fused-ring (bicyclic) bond motifs is 4. The molecular formula is C27H29F3N4O4S. The van der Waals surface area contributed by atoms with E-state index < -0.39 is 33.7 Å². The summed E-state index contributed by atoms with van der Waals surface area (Å²) in [6.07, 6.45) is -4.04. The van der Waals surface area contributed by atoms with Gasteiger partial charge >= 0.3 is 6.18 Å². The van der Waals surface area contributed by atoms with Crippen LogP contribution in [0, 0.1) is 26.7 Å². The summed E-state index contributed by atoms with van der Waals surface area (Å²) < 4.78 is 76.0. The number of amides is 1. The van der Waals surface area contributed by atoms with Crippen LogP contribution in [0.25, 0.3) is 11.3 Å². The Bertz CT molecular complexity index is 1540. The van der Waals surface area contributed by atoms with Crippen molar-refractivity contribution >= 4 is 21.9 Å². The zero-order valence-electron chi connectivity index (χ0n) is 22.1. The molecule has 0 aliphatic carbocycles. The molecule has 1 amide bonds. The van der Waals surface area contributed by atoms with Crippen molar-refractivity contribution in [2.24, 2.45) is 5.92 Å². The van der Waals surface area contributed by atoms with Gasteiger partial charge in [0, 0.05) is 16.7 Å². The largest absolute Gasteiger partial charge is 0.475 e. The fourth-order valence-electron chi connectivity index (χ4n) is 4.61. The number of halogens is 3. The number of hydrogen-bond acceptors (Lipinski definition) is 6. The summed E-state index contributed by atoms with van der Waals surface area (Å²) in [7, 11) is -4.27. The zero-order chi connectivity index (χ0) is 28.7. The van der Waals surface area contributed by atoms with Crippen LogP contribution in [-0.2, 0) is 16.2 Å². The predicted octanol–water partition coefficient (Wildman–Crippen LogP) is 5.43. The first-order valence-corrected chi connectivity index (χ1v) is 13.8. The van der Waals surface area contributed by atoms with Gasteiger partial charge in [0.15, 0.2) is 0 Å². The Morgan fingerprint density at radius 3 is 2.46 bits per heavy atom. The van der Waals surface area contributed by atoms with Crippen LogP contribution in [0.3, 0.4) is 0 Å². The number of alkyl halides is 3. The van der Waals surface area contributed by atoms with Crippen molar-refractivity contribution < 1.29 is 31.1 Å². The maximum absolute atomic E-state index is 13.8. The average molecular weight is 563 g/mol. The summed E-state index contributed by atoms with van der Waals surface area (Å²) in [5.41, 5.74) is 0.407. The van der Waals surface area contributed by atoms with E-state index in [9.17, 15) is 26.4 Å². The fourth-order valence-corrected chi connectivity index (χ4v) is 5.60. The third kappa shape index (κ3) is 6.00. The van der Waals surface area contributed by atoms with Gasteiger partial charge in [0.2, 0.25) is 11.8 Å². The van der Waals surface area contributed by atoms with Gasteiger partial charge in [-0.15, -0.1) is 0 Å². The molecule has 2 N–H and O–H groups in total. The number of nitrogens with zero attached hydrogens (tertiary/aromatic N) is 2. The fraction of sp³-hybridized carbons (Fsp3) is 0.370. The van der Waals surface area contributed by atoms with Crippen LogP contribution < -0.4 is 14.8 Å². The maximum Gasteiger partial charge on any atom is 0.416 e. The number of aromatic nitrogens is 2. The molecule has 8 nitrogen and oxygen atoms in total. The molecule has 4 rings (SSSR count). The Kier molecular flexibility index (Phi) is 7.61. The molecule has 2 heterocycles. The summed E-state index contributed by atoms with van der Waals surface area (Å²) >= 11 is 0. The number of ether oxygens (including phenoxy) is 1. The lowest BCUT2D eigenvalue weighted by Crippen LogP contribution is -2.40. The Morgan fingerprint density at radius 1 is 1.08 bits per heavy atom. The highest BCUT2D eigenvalue weighted by Crippen LogP contribution is 2.40. The number of aryl methyl sites for hydroxylation is 1. The van der Waals surface area contributed by atoms with Gasteiger partial charge in [-0.05, 0) is 68.5 Å². The van der Waals surface area contributed by atoms with Crippen LogP contribution in [-0.4, -0.2) is 36.9 Å². The Hall–Kier alpha value is -3.67. The lowest BCUT2D eigenvalue weighted by atomic mass is 9.93. The second-order valence-electron chi connectivity index (χ2n) is 10.00. The molecule has 0 unspecified atom stereocenters. The summed E-state index contributed by atoms with van der Waals surface area (Å²) in [5.74, 6) is -0.656. The van der Waals surface area contributed by atoms with Gasteiger partial charge < -0.3 is 10.1 Å². The molecule has 2 aromatic carbocycles. The van der Waals surface area contributed by atoms with Crippen molar-refractivity contribution in [1.82, 2.24) is 15.3 Å². The molecule has 39 heavy (non-hydrogen) atoms. The van der Waals surface area contributed by atoms with Crippen LogP contribution in [0.4, 0.5) is 19.1 Å². The van der Waals surface area contributed by atoms with Gasteiger partial charge in [-0.25, -0.2) is 18.1 Å². The highest BCUT2D eigenvalue weighted by atomic mass is 32.2. The molecule has 0 saturated heterocycles. The van der Waals surface area contributed by atoms with E-state index in [1.807, 2.05) is 13.8 Å². The molecule has 3 aromatic rings. The van der Waals surface area contributed by atoms with E-state index in [0.717, 1.165) is 6.07 Å². The molecule has 0 radical (unpaired) electrons. The minimum absolute atomic E-state index is 0.00630. The SMILES string of the molecule is Cc1ccc(C(F)(F)F)c(C)c1-c1nc2nc(c1C)OC[C@@H](CC(C)C)NC(=O)c1cccc(c1)S(=O)(=O)N2. The summed E-state index contributed by atoms with van der Waals surface area (Å²) in [6.45, 7) is 8.55. The molecule has 12 heteroatoms. The zero-order valence-corrected chi connectivity index (χ0v) is 22.9. The molecule has 4 bridgehead atoms. The number of carbonyl (C=O) groups is 1. The molecule has 1 aliphatic rings. The average Bonchev–Trinajstić information content (AvgIpc) is 2.83. The topological polar surface area (TPSA) is 110 Å². The quantitative estimate of drug-likeness (QED) is 0.441. The van der Waals surface area contributed by atoms with Crippen LogP contribution in [0.2, 0.25) is 0 Å². The smallest absolute Gasteiger partial charge is 0.416 e. The molecule has 0 fully saturated rings.